The average molecular weight is 220 g/mol. The van der Waals surface area contributed by atoms with Crippen LogP contribution in [-0.2, 0) is 4.52 Å². The van der Waals surface area contributed by atoms with E-state index < -0.39 is 0 Å². The highest BCUT2D eigenvalue weighted by Gasteiger charge is 1.75. The molecule has 0 aromatic rings. The Labute approximate surface area is 51.6 Å². The van der Waals surface area contributed by atoms with Crippen LogP contribution in [0.3, 0.4) is 0 Å². The van der Waals surface area contributed by atoms with Crippen molar-refractivity contribution in [2.45, 2.75) is 0 Å². The monoisotopic (exact) mass is 220 g/mol. The van der Waals surface area contributed by atoms with Crippen LogP contribution in [0.4, 0.5) is 0 Å². The maximum absolute atomic E-state index is 8.07. The molecule has 1 unspecified atom stereocenters. The van der Waals surface area contributed by atoms with Crippen LogP contribution in [0.5, 0.6) is 0 Å². The average Bonchev–Trinajstić information content (AvgIpc) is 1.61. The predicted molar refractivity (Wildman–Crippen MR) is 35.4 cm³/mol. The standard InChI is InChI=1S/C2H6IO2P/c3-6-5-2-1-4/h4,6H,1-2H2. The van der Waals surface area contributed by atoms with Crippen molar-refractivity contribution in [1.29, 1.82) is 0 Å². The Morgan fingerprint density at radius 1 is 1.83 bits per heavy atom. The molecule has 0 radical (unpaired) electrons. The second-order valence-electron chi connectivity index (χ2n) is 0.649. The summed E-state index contributed by atoms with van der Waals surface area (Å²) in [6.45, 7) is 1.08. The minimum absolute atomic E-state index is 0.135. The van der Waals surface area contributed by atoms with E-state index in [1.807, 2.05) is 0 Å². The summed E-state index contributed by atoms with van der Waals surface area (Å²) in [6.07, 6.45) is 0. The van der Waals surface area contributed by atoms with Gasteiger partial charge in [0.2, 0.25) is 0 Å². The number of aliphatic hydroxyl groups excluding tert-OH is 1. The van der Waals surface area contributed by atoms with Crippen molar-refractivity contribution < 1.29 is 9.63 Å². The first-order valence-corrected chi connectivity index (χ1v) is 5.52. The zero-order valence-electron chi connectivity index (χ0n) is 3.15. The van der Waals surface area contributed by atoms with Crippen molar-refractivity contribution in [3.8, 4) is 0 Å². The summed E-state index contributed by atoms with van der Waals surface area (Å²) in [4.78, 5) is 0. The van der Waals surface area contributed by atoms with Gasteiger partial charge < -0.3 is 9.63 Å². The molecule has 0 aromatic carbocycles. The lowest BCUT2D eigenvalue weighted by atomic mass is 10.8. The third-order valence-electron chi connectivity index (χ3n) is 0.248. The summed E-state index contributed by atoms with van der Waals surface area (Å²) in [5.41, 5.74) is 0. The van der Waals surface area contributed by atoms with Crippen molar-refractivity contribution in [2.24, 2.45) is 0 Å². The molecule has 2 nitrogen and oxygen atoms in total. The Morgan fingerprint density at radius 3 is 2.67 bits per heavy atom. The smallest absolute Gasteiger partial charge is 0.0794 e. The molecule has 1 N–H and O–H groups in total. The molecule has 0 heterocycles. The maximum Gasteiger partial charge on any atom is 0.0794 e. The van der Waals surface area contributed by atoms with Crippen LogP contribution < -0.4 is 0 Å². The van der Waals surface area contributed by atoms with E-state index in [0.717, 1.165) is 0 Å². The van der Waals surface area contributed by atoms with Gasteiger partial charge in [0.15, 0.2) is 0 Å². The third-order valence-corrected chi connectivity index (χ3v) is 1.50. The van der Waals surface area contributed by atoms with Gasteiger partial charge in [-0.25, -0.2) is 0 Å². The summed E-state index contributed by atoms with van der Waals surface area (Å²) < 4.78 is 4.75. The molecule has 0 amide bonds. The van der Waals surface area contributed by atoms with Crippen molar-refractivity contribution >= 4 is 28.5 Å². The molecule has 0 bridgehead atoms. The Bertz CT molecular complexity index is 23.5. The SMILES string of the molecule is OCCOPI. The van der Waals surface area contributed by atoms with Gasteiger partial charge in [0.1, 0.15) is 0 Å². The van der Waals surface area contributed by atoms with Crippen LogP contribution in [0, 0.1) is 0 Å². The highest BCUT2D eigenvalue weighted by molar-refractivity contribution is 14.2. The van der Waals surface area contributed by atoms with Crippen molar-refractivity contribution in [3.63, 3.8) is 0 Å². The van der Waals surface area contributed by atoms with E-state index in [1.165, 1.54) is 0 Å². The molecular formula is C2H6IO2P. The fourth-order valence-corrected chi connectivity index (χ4v) is 0.913. The molecule has 0 spiro atoms. The van der Waals surface area contributed by atoms with Gasteiger partial charge >= 0.3 is 0 Å². The fraction of sp³-hybridized carbons (Fsp3) is 1.00. The minimum Gasteiger partial charge on any atom is -0.394 e. The van der Waals surface area contributed by atoms with Crippen LogP contribution in [0.25, 0.3) is 0 Å². The molecule has 0 aliphatic heterocycles. The Hall–Kier alpha value is 1.08. The molecule has 0 aliphatic carbocycles. The molecule has 0 saturated heterocycles. The molecule has 0 saturated carbocycles. The molecule has 0 aliphatic rings. The normalized spacial score (nSPS) is 11.0. The lowest BCUT2D eigenvalue weighted by Gasteiger charge is -1.89. The first kappa shape index (κ1) is 7.08. The van der Waals surface area contributed by atoms with Gasteiger partial charge in [-0.05, 0) is 22.0 Å². The lowest BCUT2D eigenvalue weighted by Crippen LogP contribution is -1.88. The van der Waals surface area contributed by atoms with Crippen LogP contribution in [0.2, 0.25) is 0 Å². The number of hydrogen-bond acceptors (Lipinski definition) is 2. The van der Waals surface area contributed by atoms with Crippen LogP contribution >= 0.6 is 28.5 Å². The zero-order valence-corrected chi connectivity index (χ0v) is 6.31. The fourth-order valence-electron chi connectivity index (χ4n) is 0.0842. The van der Waals surface area contributed by atoms with Gasteiger partial charge in [0.25, 0.3) is 0 Å². The van der Waals surface area contributed by atoms with Crippen molar-refractivity contribution in [3.05, 3.63) is 0 Å². The second kappa shape index (κ2) is 6.08. The van der Waals surface area contributed by atoms with E-state index in [9.17, 15) is 0 Å². The Balaban J connectivity index is 2.34. The molecule has 0 fully saturated rings. The molecule has 0 aromatic heterocycles. The molecular weight excluding hydrogens is 214 g/mol. The minimum atomic E-state index is 0.135. The Kier molecular flexibility index (Phi) is 7.17. The van der Waals surface area contributed by atoms with Gasteiger partial charge in [-0.1, -0.05) is 0 Å². The summed E-state index contributed by atoms with van der Waals surface area (Å²) in [5, 5.41) is 8.07. The number of hydrogen-bond donors (Lipinski definition) is 1. The maximum atomic E-state index is 8.07. The van der Waals surface area contributed by atoms with E-state index >= 15 is 0 Å². The largest absolute Gasteiger partial charge is 0.394 e. The van der Waals surface area contributed by atoms with E-state index in [0.29, 0.717) is 13.1 Å². The molecule has 0 rings (SSSR count). The highest BCUT2D eigenvalue weighted by atomic mass is 127. The quantitative estimate of drug-likeness (QED) is 0.435. The summed E-state index contributed by atoms with van der Waals surface area (Å²) in [6, 6.07) is 0. The van der Waals surface area contributed by atoms with Gasteiger partial charge in [-0.15, -0.1) is 0 Å². The highest BCUT2D eigenvalue weighted by Crippen LogP contribution is 2.20. The second-order valence-corrected chi connectivity index (χ2v) is 2.41. The summed E-state index contributed by atoms with van der Waals surface area (Å²) in [7, 11) is 0. The van der Waals surface area contributed by atoms with E-state index in [2.05, 4.69) is 22.0 Å². The Morgan fingerprint density at radius 2 is 2.50 bits per heavy atom. The summed E-state index contributed by atoms with van der Waals surface area (Å²) >= 11 is 2.11. The van der Waals surface area contributed by atoms with Crippen LogP contribution in [-0.4, -0.2) is 18.3 Å². The first-order valence-electron chi connectivity index (χ1n) is 1.50. The van der Waals surface area contributed by atoms with Gasteiger partial charge in [0.05, 0.1) is 19.7 Å². The molecule has 38 valence electrons. The third kappa shape index (κ3) is 5.08. The van der Waals surface area contributed by atoms with Gasteiger partial charge in [-0.3, -0.25) is 0 Å². The van der Waals surface area contributed by atoms with Crippen LogP contribution in [0.1, 0.15) is 0 Å². The summed E-state index contributed by atoms with van der Waals surface area (Å²) in [5.74, 6) is 0. The van der Waals surface area contributed by atoms with E-state index in [4.69, 9.17) is 9.63 Å². The van der Waals surface area contributed by atoms with E-state index in [-0.39, 0.29) is 6.61 Å². The van der Waals surface area contributed by atoms with Crippen LogP contribution in [0.15, 0.2) is 0 Å². The molecule has 6 heavy (non-hydrogen) atoms. The number of rotatable bonds is 3. The van der Waals surface area contributed by atoms with E-state index in [1.54, 1.807) is 0 Å². The van der Waals surface area contributed by atoms with Crippen molar-refractivity contribution in [1.82, 2.24) is 0 Å². The first-order chi connectivity index (χ1) is 2.91. The molecule has 1 atom stereocenters. The molecule has 4 heteroatoms. The van der Waals surface area contributed by atoms with Crippen molar-refractivity contribution in [2.75, 3.05) is 13.2 Å². The zero-order chi connectivity index (χ0) is 4.83. The van der Waals surface area contributed by atoms with Gasteiger partial charge in [0, 0.05) is 0 Å². The number of halogens is 1. The number of aliphatic hydroxyl groups is 1. The predicted octanol–water partition coefficient (Wildman–Crippen LogP) is 0.939. The lowest BCUT2D eigenvalue weighted by molar-refractivity contribution is 0.219. The van der Waals surface area contributed by atoms with Gasteiger partial charge in [-0.2, -0.15) is 0 Å². The topological polar surface area (TPSA) is 29.5 Å².